The highest BCUT2D eigenvalue weighted by Gasteiger charge is 2.17. The fraction of sp³-hybridized carbons (Fsp3) is 0.273. The summed E-state index contributed by atoms with van der Waals surface area (Å²) in [5.74, 6) is -0.124. The monoisotopic (exact) mass is 438 g/mol. The molecule has 9 heteroatoms. The van der Waals surface area contributed by atoms with Crippen LogP contribution in [-0.2, 0) is 9.53 Å². The van der Waals surface area contributed by atoms with Crippen LogP contribution in [0.1, 0.15) is 29.9 Å². The minimum absolute atomic E-state index is 0.0521. The lowest BCUT2D eigenvalue weighted by Crippen LogP contribution is -2.15. The first-order chi connectivity index (χ1) is 14.8. The van der Waals surface area contributed by atoms with Crippen molar-refractivity contribution in [2.75, 3.05) is 19.0 Å². The molecule has 31 heavy (non-hydrogen) atoms. The van der Waals surface area contributed by atoms with Gasteiger partial charge < -0.3 is 9.30 Å². The first-order valence-electron chi connectivity index (χ1n) is 9.63. The molecule has 0 radical (unpaired) electrons. The van der Waals surface area contributed by atoms with Crippen molar-refractivity contribution < 1.29 is 9.53 Å². The van der Waals surface area contributed by atoms with Crippen molar-refractivity contribution in [2.24, 2.45) is 0 Å². The number of anilines is 1. The molecule has 2 N–H and O–H groups in total. The van der Waals surface area contributed by atoms with Crippen LogP contribution in [0.15, 0.2) is 35.9 Å². The number of nitriles is 1. The maximum absolute atomic E-state index is 12.7. The van der Waals surface area contributed by atoms with Gasteiger partial charge in [0.2, 0.25) is 5.95 Å². The minimum atomic E-state index is -0.595. The number of hydrogen-bond donors (Lipinski definition) is 2. The summed E-state index contributed by atoms with van der Waals surface area (Å²) in [6.07, 6.45) is 1.56. The van der Waals surface area contributed by atoms with Crippen molar-refractivity contribution >= 4 is 29.5 Å². The molecular formula is C22H23ClN6O2. The van der Waals surface area contributed by atoms with E-state index in [2.05, 4.69) is 32.0 Å². The fourth-order valence-corrected chi connectivity index (χ4v) is 3.73. The zero-order valence-corrected chi connectivity index (χ0v) is 18.5. The number of aromatic nitrogens is 4. The number of carbonyl (C=O) groups excluding carboxylic acids is 1. The van der Waals surface area contributed by atoms with Crippen LogP contribution in [0.3, 0.4) is 0 Å². The standard InChI is InChI=1S/C22H23ClN6O2/c1-13-9-16(15(3)29(13)14(2)12-31-4)10-17(11-24)21(30)26-22-25-20(27-28-22)18-7-5-6-8-19(18)23/h5-10,14H,12H2,1-4H3,(H2,25,26,27,28,30)/b17-10-. The van der Waals surface area contributed by atoms with Gasteiger partial charge in [0.15, 0.2) is 5.82 Å². The van der Waals surface area contributed by atoms with Crippen molar-refractivity contribution in [1.82, 2.24) is 19.7 Å². The molecule has 1 unspecified atom stereocenters. The van der Waals surface area contributed by atoms with E-state index in [9.17, 15) is 10.1 Å². The number of carbonyl (C=O) groups is 1. The molecule has 8 nitrogen and oxygen atoms in total. The molecule has 0 saturated heterocycles. The Morgan fingerprint density at radius 2 is 2.16 bits per heavy atom. The van der Waals surface area contributed by atoms with Crippen molar-refractivity contribution in [1.29, 1.82) is 5.26 Å². The first-order valence-corrected chi connectivity index (χ1v) is 10.0. The van der Waals surface area contributed by atoms with Gasteiger partial charge in [-0.3, -0.25) is 15.2 Å². The summed E-state index contributed by atoms with van der Waals surface area (Å²) >= 11 is 6.17. The number of methoxy groups -OCH3 is 1. The Kier molecular flexibility index (Phi) is 6.90. The van der Waals surface area contributed by atoms with E-state index in [0.717, 1.165) is 17.0 Å². The third-order valence-electron chi connectivity index (χ3n) is 4.88. The predicted molar refractivity (Wildman–Crippen MR) is 120 cm³/mol. The topological polar surface area (TPSA) is 109 Å². The van der Waals surface area contributed by atoms with E-state index in [-0.39, 0.29) is 17.6 Å². The highest BCUT2D eigenvalue weighted by molar-refractivity contribution is 6.33. The number of rotatable bonds is 7. The summed E-state index contributed by atoms with van der Waals surface area (Å²) in [7, 11) is 1.66. The number of H-pyrrole nitrogens is 1. The van der Waals surface area contributed by atoms with Crippen LogP contribution in [0.25, 0.3) is 17.5 Å². The summed E-state index contributed by atoms with van der Waals surface area (Å²) in [6, 6.07) is 11.2. The van der Waals surface area contributed by atoms with Gasteiger partial charge in [-0.25, -0.2) is 0 Å². The molecule has 0 aliphatic rings. The molecule has 1 atom stereocenters. The molecule has 0 aliphatic heterocycles. The molecule has 1 amide bonds. The van der Waals surface area contributed by atoms with Crippen LogP contribution >= 0.6 is 11.6 Å². The smallest absolute Gasteiger partial charge is 0.268 e. The second-order valence-electron chi connectivity index (χ2n) is 7.11. The molecule has 2 heterocycles. The van der Waals surface area contributed by atoms with Gasteiger partial charge in [-0.15, -0.1) is 5.10 Å². The van der Waals surface area contributed by atoms with Crippen molar-refractivity contribution in [2.45, 2.75) is 26.8 Å². The van der Waals surface area contributed by atoms with Gasteiger partial charge in [0.1, 0.15) is 11.6 Å². The average Bonchev–Trinajstić information content (AvgIpc) is 3.30. The number of halogens is 1. The van der Waals surface area contributed by atoms with E-state index >= 15 is 0 Å². The predicted octanol–water partition coefficient (Wildman–Crippen LogP) is 4.30. The SMILES string of the molecule is COCC(C)n1c(C)cc(/C=C(/C#N)C(=O)Nc2n[nH]c(-c3ccccc3Cl)n2)c1C. The highest BCUT2D eigenvalue weighted by atomic mass is 35.5. The molecule has 0 fully saturated rings. The number of nitrogens with zero attached hydrogens (tertiary/aromatic N) is 4. The van der Waals surface area contributed by atoms with E-state index in [1.165, 1.54) is 0 Å². The van der Waals surface area contributed by atoms with E-state index in [0.29, 0.717) is 23.0 Å². The van der Waals surface area contributed by atoms with Gasteiger partial charge >= 0.3 is 0 Å². The molecule has 1 aromatic carbocycles. The molecule has 160 valence electrons. The van der Waals surface area contributed by atoms with Crippen LogP contribution in [0, 0.1) is 25.2 Å². The van der Waals surface area contributed by atoms with Gasteiger partial charge in [0.25, 0.3) is 5.91 Å². The Morgan fingerprint density at radius 3 is 2.84 bits per heavy atom. The molecule has 0 spiro atoms. The zero-order chi connectivity index (χ0) is 22.5. The zero-order valence-electron chi connectivity index (χ0n) is 17.7. The van der Waals surface area contributed by atoms with Crippen LogP contribution in [-0.4, -0.2) is 39.4 Å². The third kappa shape index (κ3) is 4.85. The Hall–Kier alpha value is -3.41. The van der Waals surface area contributed by atoms with Gasteiger partial charge in [0.05, 0.1) is 17.7 Å². The summed E-state index contributed by atoms with van der Waals surface area (Å²) < 4.78 is 7.37. The number of hydrogen-bond acceptors (Lipinski definition) is 5. The van der Waals surface area contributed by atoms with Crippen molar-refractivity contribution in [3.05, 3.63) is 57.9 Å². The molecule has 0 aliphatic carbocycles. The fourth-order valence-electron chi connectivity index (χ4n) is 3.51. The molecule has 3 aromatic rings. The summed E-state index contributed by atoms with van der Waals surface area (Å²) in [6.45, 7) is 6.54. The van der Waals surface area contributed by atoms with E-state index in [1.54, 1.807) is 25.3 Å². The number of amides is 1. The van der Waals surface area contributed by atoms with Crippen LogP contribution in [0.2, 0.25) is 5.02 Å². The minimum Gasteiger partial charge on any atom is -0.383 e. The number of ether oxygens (including phenoxy) is 1. The molecule has 0 saturated carbocycles. The lowest BCUT2D eigenvalue weighted by molar-refractivity contribution is -0.112. The van der Waals surface area contributed by atoms with E-state index in [1.807, 2.05) is 38.1 Å². The molecule has 0 bridgehead atoms. The molecular weight excluding hydrogens is 416 g/mol. The van der Waals surface area contributed by atoms with Crippen LogP contribution < -0.4 is 5.32 Å². The van der Waals surface area contributed by atoms with Crippen LogP contribution in [0.5, 0.6) is 0 Å². The number of nitrogens with one attached hydrogen (secondary N) is 2. The summed E-state index contributed by atoms with van der Waals surface area (Å²) in [4.78, 5) is 16.9. The van der Waals surface area contributed by atoms with E-state index in [4.69, 9.17) is 16.3 Å². The molecule has 3 rings (SSSR count). The normalized spacial score (nSPS) is 12.5. The second kappa shape index (κ2) is 9.60. The largest absolute Gasteiger partial charge is 0.383 e. The third-order valence-corrected chi connectivity index (χ3v) is 5.21. The number of aryl methyl sites for hydroxylation is 1. The lowest BCUT2D eigenvalue weighted by Gasteiger charge is -2.17. The number of benzene rings is 1. The Bertz CT molecular complexity index is 1170. The Morgan fingerprint density at radius 1 is 1.42 bits per heavy atom. The quantitative estimate of drug-likeness (QED) is 0.422. The lowest BCUT2D eigenvalue weighted by atomic mass is 10.1. The maximum atomic E-state index is 12.7. The summed E-state index contributed by atoms with van der Waals surface area (Å²) in [5, 5.41) is 19.3. The van der Waals surface area contributed by atoms with Gasteiger partial charge in [-0.05, 0) is 50.6 Å². The second-order valence-corrected chi connectivity index (χ2v) is 7.52. The Labute approximate surface area is 185 Å². The average molecular weight is 439 g/mol. The maximum Gasteiger partial charge on any atom is 0.268 e. The van der Waals surface area contributed by atoms with Crippen molar-refractivity contribution in [3.8, 4) is 17.5 Å². The van der Waals surface area contributed by atoms with Crippen molar-refractivity contribution in [3.63, 3.8) is 0 Å². The summed E-state index contributed by atoms with van der Waals surface area (Å²) in [5.41, 5.74) is 3.36. The van der Waals surface area contributed by atoms with Gasteiger partial charge in [0, 0.05) is 24.1 Å². The number of aromatic amines is 1. The van der Waals surface area contributed by atoms with Crippen LogP contribution in [0.4, 0.5) is 5.95 Å². The molecule has 2 aromatic heterocycles. The first kappa shape index (κ1) is 22.3. The van der Waals surface area contributed by atoms with E-state index < -0.39 is 5.91 Å². The van der Waals surface area contributed by atoms with Gasteiger partial charge in [-0.2, -0.15) is 10.2 Å². The highest BCUT2D eigenvalue weighted by Crippen LogP contribution is 2.25. The Balaban J connectivity index is 1.82. The van der Waals surface area contributed by atoms with Gasteiger partial charge in [-0.1, -0.05) is 23.7 Å².